The second kappa shape index (κ2) is 18.6. The summed E-state index contributed by atoms with van der Waals surface area (Å²) < 4.78 is 0. The van der Waals surface area contributed by atoms with Crippen LogP contribution in [0.1, 0.15) is 64.7 Å². The van der Waals surface area contributed by atoms with Gasteiger partial charge in [-0.05, 0) is 38.5 Å². The summed E-state index contributed by atoms with van der Waals surface area (Å²) in [7, 11) is 0. The first-order valence-electron chi connectivity index (χ1n) is 9.02. The summed E-state index contributed by atoms with van der Waals surface area (Å²) >= 11 is 0. The van der Waals surface area contributed by atoms with E-state index in [0.29, 0.717) is 12.8 Å². The van der Waals surface area contributed by atoms with E-state index in [0.717, 1.165) is 12.8 Å². The highest BCUT2D eigenvalue weighted by Gasteiger charge is 2.07. The Hall–Kier alpha value is -1.69. The fraction of sp³-hybridized carbons (Fsp3) is 0.550. The molecule has 25 heavy (non-hydrogen) atoms. The van der Waals surface area contributed by atoms with Crippen LogP contribution in [0.4, 0.5) is 0 Å². The molecule has 0 saturated carbocycles. The molecule has 1 atom stereocenters. The molecule has 5 heteroatoms. The van der Waals surface area contributed by atoms with E-state index in [4.69, 9.17) is 10.4 Å². The van der Waals surface area contributed by atoms with Gasteiger partial charge in [-0.3, -0.25) is 4.79 Å². The molecule has 0 aliphatic carbocycles. The second-order valence-electron chi connectivity index (χ2n) is 5.72. The van der Waals surface area contributed by atoms with Crippen molar-refractivity contribution in [2.24, 2.45) is 0 Å². The zero-order chi connectivity index (χ0) is 18.6. The first-order valence-corrected chi connectivity index (χ1v) is 9.02. The van der Waals surface area contributed by atoms with Crippen LogP contribution in [-0.2, 0) is 14.7 Å². The third kappa shape index (κ3) is 18.5. The van der Waals surface area contributed by atoms with Gasteiger partial charge in [-0.15, -0.1) is 0 Å². The molecule has 0 radical (unpaired) electrons. The van der Waals surface area contributed by atoms with Crippen molar-refractivity contribution in [1.82, 2.24) is 0 Å². The van der Waals surface area contributed by atoms with Crippen LogP contribution in [-0.4, -0.2) is 22.4 Å². The van der Waals surface area contributed by atoms with Crippen molar-refractivity contribution < 1.29 is 25.1 Å². The number of aliphatic carboxylic acids is 1. The molecule has 0 aromatic rings. The van der Waals surface area contributed by atoms with Crippen LogP contribution in [0.25, 0.3) is 0 Å². The van der Waals surface area contributed by atoms with Crippen LogP contribution in [0.2, 0.25) is 0 Å². The van der Waals surface area contributed by atoms with Gasteiger partial charge in [0.25, 0.3) is 0 Å². The summed E-state index contributed by atoms with van der Waals surface area (Å²) in [6.07, 6.45) is 23.4. The molecule has 0 aliphatic heterocycles. The Balaban J connectivity index is 3.85. The second-order valence-corrected chi connectivity index (χ2v) is 5.72. The van der Waals surface area contributed by atoms with Gasteiger partial charge in [0.2, 0.25) is 0 Å². The molecule has 2 N–H and O–H groups in total. The van der Waals surface area contributed by atoms with Crippen LogP contribution < -0.4 is 0 Å². The van der Waals surface area contributed by atoms with Gasteiger partial charge < -0.3 is 5.11 Å². The molecular formula is C20H32O5. The maximum atomic E-state index is 10.5. The van der Waals surface area contributed by atoms with E-state index in [1.807, 2.05) is 12.2 Å². The van der Waals surface area contributed by atoms with E-state index in [9.17, 15) is 4.79 Å². The van der Waals surface area contributed by atoms with Gasteiger partial charge in [0.05, 0.1) is 0 Å². The molecule has 0 heterocycles. The van der Waals surface area contributed by atoms with E-state index < -0.39 is 12.1 Å². The van der Waals surface area contributed by atoms with E-state index in [-0.39, 0.29) is 6.42 Å². The number of carboxylic acid groups (broad SMARTS) is 1. The lowest BCUT2D eigenvalue weighted by Crippen LogP contribution is -2.10. The SMILES string of the molecule is CCCCCC=CCC=CCC=CC=C[C@H](CCCC(=O)O)OOO. The molecule has 0 aromatic carbocycles. The number of unbranched alkanes of at least 4 members (excludes halogenated alkanes) is 3. The van der Waals surface area contributed by atoms with Crippen molar-refractivity contribution in [3.05, 3.63) is 48.6 Å². The molecule has 0 saturated heterocycles. The zero-order valence-corrected chi connectivity index (χ0v) is 15.2. The Morgan fingerprint density at radius 2 is 1.72 bits per heavy atom. The smallest absolute Gasteiger partial charge is 0.303 e. The molecule has 5 nitrogen and oxygen atoms in total. The lowest BCUT2D eigenvalue weighted by atomic mass is 10.1. The number of hydrogen-bond acceptors (Lipinski definition) is 4. The fourth-order valence-corrected chi connectivity index (χ4v) is 2.11. The molecule has 0 bridgehead atoms. The largest absolute Gasteiger partial charge is 0.481 e. The van der Waals surface area contributed by atoms with Gasteiger partial charge in [0, 0.05) is 6.42 Å². The monoisotopic (exact) mass is 352 g/mol. The summed E-state index contributed by atoms with van der Waals surface area (Å²) in [5, 5.41) is 20.6. The summed E-state index contributed by atoms with van der Waals surface area (Å²) in [6, 6.07) is 0. The normalized spacial score (nSPS) is 13.7. The summed E-state index contributed by atoms with van der Waals surface area (Å²) in [4.78, 5) is 15.1. The van der Waals surface area contributed by atoms with Gasteiger partial charge in [0.1, 0.15) is 6.10 Å². The Morgan fingerprint density at radius 3 is 2.40 bits per heavy atom. The number of hydrogen-bond donors (Lipinski definition) is 2. The molecule has 0 rings (SSSR count). The van der Waals surface area contributed by atoms with Crippen molar-refractivity contribution in [3.63, 3.8) is 0 Å². The van der Waals surface area contributed by atoms with E-state index in [1.54, 1.807) is 12.2 Å². The maximum Gasteiger partial charge on any atom is 0.303 e. The van der Waals surface area contributed by atoms with Crippen molar-refractivity contribution >= 4 is 5.97 Å². The van der Waals surface area contributed by atoms with Gasteiger partial charge in [-0.25, -0.2) is 5.26 Å². The Bertz CT molecular complexity index is 424. The Labute approximate surface area is 151 Å². The van der Waals surface area contributed by atoms with Crippen molar-refractivity contribution in [1.29, 1.82) is 0 Å². The van der Waals surface area contributed by atoms with Crippen molar-refractivity contribution in [3.8, 4) is 0 Å². The number of carboxylic acids is 1. The van der Waals surface area contributed by atoms with Crippen LogP contribution >= 0.6 is 0 Å². The molecule has 0 aliphatic rings. The first-order chi connectivity index (χ1) is 12.2. The number of rotatable bonds is 16. The average molecular weight is 352 g/mol. The first kappa shape index (κ1) is 23.3. The van der Waals surface area contributed by atoms with Crippen molar-refractivity contribution in [2.75, 3.05) is 0 Å². The minimum absolute atomic E-state index is 0.0623. The lowest BCUT2D eigenvalue weighted by Gasteiger charge is -2.08. The Morgan fingerprint density at radius 1 is 1.00 bits per heavy atom. The highest BCUT2D eigenvalue weighted by atomic mass is 17.5. The minimum Gasteiger partial charge on any atom is -0.481 e. The fourth-order valence-electron chi connectivity index (χ4n) is 2.11. The molecule has 0 amide bonds. The highest BCUT2D eigenvalue weighted by Crippen LogP contribution is 2.07. The predicted molar refractivity (Wildman–Crippen MR) is 100 cm³/mol. The van der Waals surface area contributed by atoms with Gasteiger partial charge in [0.15, 0.2) is 0 Å². The number of carbonyl (C=O) groups is 1. The molecule has 0 fully saturated rings. The van der Waals surface area contributed by atoms with Gasteiger partial charge in [-0.1, -0.05) is 73.4 Å². The lowest BCUT2D eigenvalue weighted by molar-refractivity contribution is -0.501. The summed E-state index contributed by atoms with van der Waals surface area (Å²) in [5.74, 6) is -0.852. The summed E-state index contributed by atoms with van der Waals surface area (Å²) in [6.45, 7) is 2.21. The van der Waals surface area contributed by atoms with E-state index >= 15 is 0 Å². The van der Waals surface area contributed by atoms with Crippen LogP contribution in [0.5, 0.6) is 0 Å². The topological polar surface area (TPSA) is 76.0 Å². The van der Waals surface area contributed by atoms with Crippen LogP contribution in [0, 0.1) is 0 Å². The third-order valence-electron chi connectivity index (χ3n) is 3.47. The minimum atomic E-state index is -0.852. The quantitative estimate of drug-likeness (QED) is 0.124. The van der Waals surface area contributed by atoms with Crippen LogP contribution in [0.3, 0.4) is 0 Å². The molecule has 0 spiro atoms. The average Bonchev–Trinajstić information content (AvgIpc) is 2.58. The highest BCUT2D eigenvalue weighted by molar-refractivity contribution is 5.66. The van der Waals surface area contributed by atoms with Crippen molar-refractivity contribution in [2.45, 2.75) is 70.8 Å². The van der Waals surface area contributed by atoms with Gasteiger partial charge in [-0.2, -0.15) is 4.89 Å². The molecule has 0 aromatic heterocycles. The van der Waals surface area contributed by atoms with E-state index in [1.165, 1.54) is 25.7 Å². The zero-order valence-electron chi connectivity index (χ0n) is 15.2. The Kier molecular flexibility index (Phi) is 17.4. The predicted octanol–water partition coefficient (Wildman–Crippen LogP) is 5.62. The standard InChI is InChI=1S/C20H32O5/c1-2-3-4-5-6-7-8-9-10-11-12-13-14-16-19(24-25-23)17-15-18-20(21)22/h6-7,9-10,12-14,16,19,23H,2-5,8,11,15,17-18H2,1H3,(H,21,22)/t19-/m1/s1. The summed E-state index contributed by atoms with van der Waals surface area (Å²) in [5.41, 5.74) is 0. The molecule has 142 valence electrons. The molecule has 0 unspecified atom stereocenters. The number of allylic oxidation sites excluding steroid dienone is 7. The third-order valence-corrected chi connectivity index (χ3v) is 3.47. The van der Waals surface area contributed by atoms with E-state index in [2.05, 4.69) is 41.2 Å². The maximum absolute atomic E-state index is 10.5. The molecular weight excluding hydrogens is 320 g/mol. The van der Waals surface area contributed by atoms with Crippen LogP contribution in [0.15, 0.2) is 48.6 Å². The van der Waals surface area contributed by atoms with Gasteiger partial charge >= 0.3 is 5.97 Å².